The summed E-state index contributed by atoms with van der Waals surface area (Å²) in [5, 5.41) is 14.3. The van der Waals surface area contributed by atoms with Gasteiger partial charge in [-0.3, -0.25) is 10.1 Å². The molecule has 1 N–H and O–H groups in total. The van der Waals surface area contributed by atoms with E-state index >= 15 is 0 Å². The van der Waals surface area contributed by atoms with Gasteiger partial charge in [-0.05, 0) is 50.7 Å². The number of amides is 1. The molecule has 0 spiro atoms. The first kappa shape index (κ1) is 27.3. The molecule has 8 nitrogen and oxygen atoms in total. The smallest absolute Gasteiger partial charge is 0.413 e. The van der Waals surface area contributed by atoms with E-state index in [0.29, 0.717) is 0 Å². The largest absolute Gasteiger partial charge is 0.468 e. The van der Waals surface area contributed by atoms with Crippen LogP contribution in [0, 0.1) is 17.2 Å². The van der Waals surface area contributed by atoms with E-state index in [0.717, 1.165) is 24.6 Å². The van der Waals surface area contributed by atoms with Crippen LogP contribution >= 0.6 is 33.4 Å². The van der Waals surface area contributed by atoms with Gasteiger partial charge in [0.25, 0.3) is 0 Å². The number of hydrogen-bond acceptors (Lipinski definition) is 6. The lowest BCUT2D eigenvalue weighted by atomic mass is 9.95. The van der Waals surface area contributed by atoms with E-state index in [9.17, 15) is 34.3 Å². The van der Waals surface area contributed by atoms with Crippen LogP contribution in [0.2, 0.25) is 10.0 Å². The molecule has 2 fully saturated rings. The number of nitrogens with zero attached hydrogens (tertiary/aromatic N) is 3. The van der Waals surface area contributed by atoms with Crippen molar-refractivity contribution in [3.8, 4) is 11.8 Å². The first-order valence-corrected chi connectivity index (χ1v) is 13.5. The topological polar surface area (TPSA) is 106 Å². The third-order valence-corrected chi connectivity index (χ3v) is 7.95. The van der Waals surface area contributed by atoms with Gasteiger partial charge >= 0.3 is 22.3 Å². The Bertz CT molecular complexity index is 1350. The molecule has 4 rings (SSSR count). The summed E-state index contributed by atoms with van der Waals surface area (Å²) in [6.07, 6.45) is 0.619. The van der Waals surface area contributed by atoms with Gasteiger partial charge in [0.15, 0.2) is 5.69 Å². The highest BCUT2D eigenvalue weighted by Crippen LogP contribution is 3.02. The molecule has 0 radical (unpaired) electrons. The highest BCUT2D eigenvalue weighted by atomic mass is 35.5. The van der Waals surface area contributed by atoms with Gasteiger partial charge in [-0.2, -0.15) is 10.4 Å². The van der Waals surface area contributed by atoms with Gasteiger partial charge in [0, 0.05) is 0 Å². The van der Waals surface area contributed by atoms with E-state index in [4.69, 9.17) is 32.7 Å². The number of ether oxygens (including phenoxy) is 2. The molecule has 37 heavy (non-hydrogen) atoms. The summed E-state index contributed by atoms with van der Waals surface area (Å²) in [4.78, 5) is 23.0. The summed E-state index contributed by atoms with van der Waals surface area (Å²) in [6.45, 7) is 1.67. The molecule has 0 aliphatic heterocycles. The van der Waals surface area contributed by atoms with Crippen molar-refractivity contribution >= 4 is 51.3 Å². The zero-order valence-electron chi connectivity index (χ0n) is 19.2. The summed E-state index contributed by atoms with van der Waals surface area (Å²) in [6, 6.07) is 1.72. The normalized spacial score (nSPS) is 19.1. The van der Waals surface area contributed by atoms with Gasteiger partial charge in [-0.1, -0.05) is 42.6 Å². The van der Waals surface area contributed by atoms with Crippen molar-refractivity contribution in [1.29, 1.82) is 5.26 Å². The van der Waals surface area contributed by atoms with Crippen molar-refractivity contribution in [2.24, 2.45) is 5.92 Å². The number of nitrogens with one attached hydrogen (secondary N) is 1. The summed E-state index contributed by atoms with van der Waals surface area (Å²) in [5.41, 5.74) is -2.42. The summed E-state index contributed by atoms with van der Waals surface area (Å²) in [5.74, 6) is -0.950. The van der Waals surface area contributed by atoms with Crippen molar-refractivity contribution < 1.29 is 38.5 Å². The van der Waals surface area contributed by atoms with E-state index in [1.165, 1.54) is 0 Å². The van der Waals surface area contributed by atoms with Crippen LogP contribution in [0.1, 0.15) is 43.9 Å². The second kappa shape index (κ2) is 8.12. The predicted octanol–water partition coefficient (Wildman–Crippen LogP) is 7.26. The fraction of sp³-hybridized carbons (Fsp3) is 0.429. The standard InChI is InChI=1S/C21H19Cl2F5N4O4S/c1-10(11-3-4-11)36-20(34)30-18-16(21(5-6-21)19(33)35-2)15(9-29)31-32(18)17-13(22)7-12(8-14(17)23)37(24,25,26,27)28/h7-8,10-11H,3-6H2,1-2H3,(H,30,34). The minimum Gasteiger partial charge on any atom is -0.468 e. The monoisotopic (exact) mass is 588 g/mol. The van der Waals surface area contributed by atoms with Crippen LogP contribution < -0.4 is 5.32 Å². The number of rotatable bonds is 7. The molecule has 1 aromatic carbocycles. The lowest BCUT2D eigenvalue weighted by Crippen LogP contribution is -2.27. The van der Waals surface area contributed by atoms with E-state index < -0.39 is 60.1 Å². The van der Waals surface area contributed by atoms with Gasteiger partial charge in [0.1, 0.15) is 28.6 Å². The minimum absolute atomic E-state index is 0.0256. The molecule has 1 heterocycles. The lowest BCUT2D eigenvalue weighted by Gasteiger charge is -2.40. The van der Waals surface area contributed by atoms with Crippen molar-refractivity contribution in [2.75, 3.05) is 12.4 Å². The zero-order chi connectivity index (χ0) is 27.6. The molecule has 1 aromatic heterocycles. The molecule has 16 heteroatoms. The maximum absolute atomic E-state index is 13.4. The summed E-state index contributed by atoms with van der Waals surface area (Å²) >= 11 is 12.0. The van der Waals surface area contributed by atoms with Crippen LogP contribution in [-0.4, -0.2) is 35.1 Å². The fourth-order valence-electron chi connectivity index (χ4n) is 4.03. The third-order valence-electron chi connectivity index (χ3n) is 6.24. The lowest BCUT2D eigenvalue weighted by molar-refractivity contribution is -0.143. The maximum Gasteiger partial charge on any atom is 0.413 e. The zero-order valence-corrected chi connectivity index (χ0v) is 21.5. The van der Waals surface area contributed by atoms with Crippen molar-refractivity contribution in [1.82, 2.24) is 9.78 Å². The number of benzene rings is 1. The van der Waals surface area contributed by atoms with Gasteiger partial charge in [0.05, 0.1) is 28.1 Å². The number of carbonyl (C=O) groups is 2. The minimum atomic E-state index is -10.2. The summed E-state index contributed by atoms with van der Waals surface area (Å²) < 4.78 is 77.9. The number of esters is 1. The number of methoxy groups -OCH3 is 1. The number of aromatic nitrogens is 2. The predicted molar refractivity (Wildman–Crippen MR) is 125 cm³/mol. The molecule has 2 saturated carbocycles. The number of anilines is 1. The molecule has 2 aliphatic carbocycles. The van der Waals surface area contributed by atoms with E-state index in [2.05, 4.69) is 10.4 Å². The maximum atomic E-state index is 13.4. The number of halogens is 7. The third kappa shape index (κ3) is 5.17. The van der Waals surface area contributed by atoms with Gasteiger partial charge in [-0.25, -0.2) is 9.48 Å². The molecule has 2 aliphatic rings. The molecule has 0 saturated heterocycles. The van der Waals surface area contributed by atoms with Crippen LogP contribution in [0.5, 0.6) is 0 Å². The Balaban J connectivity index is 1.90. The molecule has 2 aromatic rings. The molecular weight excluding hydrogens is 570 g/mol. The second-order valence-electron chi connectivity index (χ2n) is 8.95. The number of nitriles is 1. The van der Waals surface area contributed by atoms with Crippen LogP contribution in [0.4, 0.5) is 30.0 Å². The van der Waals surface area contributed by atoms with E-state index in [1.54, 1.807) is 13.0 Å². The quantitative estimate of drug-likeness (QED) is 0.269. The first-order valence-electron chi connectivity index (χ1n) is 10.7. The van der Waals surface area contributed by atoms with E-state index in [1.807, 2.05) is 0 Å². The molecule has 0 bridgehead atoms. The van der Waals surface area contributed by atoms with Gasteiger partial charge < -0.3 is 9.47 Å². The average Bonchev–Trinajstić information content (AvgIpc) is 3.69. The molecule has 202 valence electrons. The van der Waals surface area contributed by atoms with E-state index in [-0.39, 0.29) is 42.3 Å². The molecule has 1 atom stereocenters. The van der Waals surface area contributed by atoms with Crippen LogP contribution in [0.25, 0.3) is 5.69 Å². The first-order chi connectivity index (χ1) is 16.9. The highest BCUT2D eigenvalue weighted by Gasteiger charge is 2.66. The Morgan fingerprint density at radius 1 is 1.22 bits per heavy atom. The molecular formula is C21H19Cl2F5N4O4S. The number of carbonyl (C=O) groups excluding carboxylic acids is 2. The highest BCUT2D eigenvalue weighted by molar-refractivity contribution is 8.45. The van der Waals surface area contributed by atoms with Crippen LogP contribution in [0.15, 0.2) is 17.0 Å². The summed E-state index contributed by atoms with van der Waals surface area (Å²) in [7, 11) is -9.04. The van der Waals surface area contributed by atoms with Gasteiger partial charge in [-0.15, -0.1) is 0 Å². The van der Waals surface area contributed by atoms with Crippen molar-refractivity contribution in [3.63, 3.8) is 0 Å². The van der Waals surface area contributed by atoms with Crippen LogP contribution in [-0.2, 0) is 19.7 Å². The Hall–Kier alpha value is -2.76. The Kier molecular flexibility index (Phi) is 5.98. The van der Waals surface area contributed by atoms with Crippen molar-refractivity contribution in [3.05, 3.63) is 33.4 Å². The Morgan fingerprint density at radius 3 is 2.22 bits per heavy atom. The second-order valence-corrected chi connectivity index (χ2v) is 12.2. The fourth-order valence-corrected chi connectivity index (χ4v) is 5.49. The number of hydrogen-bond donors (Lipinski definition) is 1. The average molecular weight is 589 g/mol. The van der Waals surface area contributed by atoms with Crippen molar-refractivity contribution in [2.45, 2.75) is 49.0 Å². The SMILES string of the molecule is COC(=O)C1(c2c(C#N)nn(-c3c(Cl)cc(S(F)(F)(F)(F)F)cc3Cl)c2NC(=O)OC(C)C2CC2)CC1. The molecule has 1 unspecified atom stereocenters. The Morgan fingerprint density at radius 2 is 1.78 bits per heavy atom. The molecule has 1 amide bonds. The van der Waals surface area contributed by atoms with Gasteiger partial charge in [0.2, 0.25) is 0 Å². The Labute approximate surface area is 217 Å². The van der Waals surface area contributed by atoms with Crippen LogP contribution in [0.3, 0.4) is 0 Å².